The van der Waals surface area contributed by atoms with Gasteiger partial charge in [-0.1, -0.05) is 0 Å². The highest BCUT2D eigenvalue weighted by Gasteiger charge is 2.82. The highest BCUT2D eigenvalue weighted by molar-refractivity contribution is 6.54. The molecule has 4 heterocycles. The fraction of sp³-hybridized carbons (Fsp3) is 0.385. The Bertz CT molecular complexity index is 822. The van der Waals surface area contributed by atoms with Crippen molar-refractivity contribution in [3.63, 3.8) is 0 Å². The molecule has 0 aromatic heterocycles. The van der Waals surface area contributed by atoms with Crippen LogP contribution in [0.5, 0.6) is 0 Å². The molecule has 0 atom stereocenters. The monoisotopic (exact) mass is 348 g/mol. The second kappa shape index (κ2) is 3.96. The summed E-state index contributed by atoms with van der Waals surface area (Å²) in [5.41, 5.74) is -4.83. The summed E-state index contributed by atoms with van der Waals surface area (Å²) in [6.45, 7) is 0.639. The summed E-state index contributed by atoms with van der Waals surface area (Å²) in [7, 11) is 0. The number of amides is 8. The third kappa shape index (κ3) is 1.15. The molecular weight excluding hydrogens is 340 g/mol. The molecule has 4 saturated heterocycles. The maximum atomic E-state index is 12.2. The summed E-state index contributed by atoms with van der Waals surface area (Å²) in [4.78, 5) is 96.4. The molecule has 2 spiro atoms. The lowest BCUT2D eigenvalue weighted by atomic mass is 9.68. The number of hydrogen-bond donors (Lipinski definition) is 1. The molecule has 0 unspecified atom stereocenters. The van der Waals surface area contributed by atoms with Gasteiger partial charge < -0.3 is 0 Å². The molecule has 4 rings (SSSR count). The van der Waals surface area contributed by atoms with E-state index in [1.54, 1.807) is 5.32 Å². The quantitative estimate of drug-likeness (QED) is 0.396. The van der Waals surface area contributed by atoms with Gasteiger partial charge in [0.05, 0.1) is 0 Å². The average molecular weight is 348 g/mol. The fourth-order valence-corrected chi connectivity index (χ4v) is 3.38. The van der Waals surface area contributed by atoms with Crippen LogP contribution in [0.2, 0.25) is 0 Å². The number of nitrogens with zero attached hydrogens (tertiary/aromatic N) is 3. The van der Waals surface area contributed by atoms with Gasteiger partial charge in [0.2, 0.25) is 0 Å². The Balaban J connectivity index is 1.52. The van der Waals surface area contributed by atoms with E-state index in [0.29, 0.717) is 9.80 Å². The molecular formula is C13H8N4O8. The van der Waals surface area contributed by atoms with Gasteiger partial charge >= 0.3 is 0 Å². The maximum absolute atomic E-state index is 12.2. The van der Waals surface area contributed by atoms with Crippen molar-refractivity contribution in [2.75, 3.05) is 13.2 Å². The molecule has 8 amide bonds. The Kier molecular flexibility index (Phi) is 2.39. The first-order valence-corrected chi connectivity index (χ1v) is 7.13. The maximum Gasteiger partial charge on any atom is 0.285 e. The van der Waals surface area contributed by atoms with E-state index in [-0.39, 0.29) is 6.54 Å². The van der Waals surface area contributed by atoms with Gasteiger partial charge in [-0.3, -0.25) is 58.4 Å². The van der Waals surface area contributed by atoms with Crippen molar-refractivity contribution < 1.29 is 38.4 Å². The molecule has 0 aromatic rings. The molecule has 0 radical (unpaired) electrons. The molecule has 4 fully saturated rings. The highest BCUT2D eigenvalue weighted by Crippen LogP contribution is 2.46. The minimum absolute atomic E-state index is 0.00279. The molecule has 4 aliphatic rings. The van der Waals surface area contributed by atoms with Crippen LogP contribution in [0, 0.1) is 10.8 Å². The zero-order valence-corrected chi connectivity index (χ0v) is 12.5. The molecule has 0 aromatic carbocycles. The standard InChI is InChI=1S/C13H8N4O8/c1-2-15-8(22)13(9(15)23)10(24)17(11(13)25)3-16-6(20)12(7(16)21)4(18)14-5(12)19/h2-3H2,1H3,(H,14,18,19). The van der Waals surface area contributed by atoms with Crippen molar-refractivity contribution in [2.24, 2.45) is 10.8 Å². The number of nitrogens with one attached hydrogen (secondary N) is 1. The second-order valence-electron chi connectivity index (χ2n) is 5.86. The molecule has 4 aliphatic heterocycles. The van der Waals surface area contributed by atoms with E-state index in [9.17, 15) is 38.4 Å². The van der Waals surface area contributed by atoms with Crippen LogP contribution >= 0.6 is 0 Å². The summed E-state index contributed by atoms with van der Waals surface area (Å²) in [6.07, 6.45) is 0. The first-order valence-electron chi connectivity index (χ1n) is 7.13. The second-order valence-corrected chi connectivity index (χ2v) is 5.86. The highest BCUT2D eigenvalue weighted by atomic mass is 16.2. The van der Waals surface area contributed by atoms with Gasteiger partial charge in [-0.2, -0.15) is 0 Å². The number of hydrogen-bond acceptors (Lipinski definition) is 8. The van der Waals surface area contributed by atoms with Crippen molar-refractivity contribution in [3.05, 3.63) is 0 Å². The Labute approximate surface area is 137 Å². The van der Waals surface area contributed by atoms with Crippen molar-refractivity contribution in [1.29, 1.82) is 0 Å². The van der Waals surface area contributed by atoms with Crippen LogP contribution < -0.4 is 5.32 Å². The first-order chi connectivity index (χ1) is 11.7. The third-order valence-electron chi connectivity index (χ3n) is 4.90. The first kappa shape index (κ1) is 15.1. The lowest BCUT2D eigenvalue weighted by Crippen LogP contribution is -2.87. The molecule has 0 aliphatic carbocycles. The van der Waals surface area contributed by atoms with Gasteiger partial charge in [-0.05, 0) is 6.92 Å². The van der Waals surface area contributed by atoms with E-state index in [1.165, 1.54) is 6.92 Å². The smallest absolute Gasteiger partial charge is 0.285 e. The number of likely N-dealkylation sites (tertiary alicyclic amines) is 3. The van der Waals surface area contributed by atoms with Gasteiger partial charge in [0.15, 0.2) is 0 Å². The van der Waals surface area contributed by atoms with E-state index in [2.05, 4.69) is 0 Å². The molecule has 128 valence electrons. The molecule has 0 bridgehead atoms. The minimum Gasteiger partial charge on any atom is -0.293 e. The molecule has 1 N–H and O–H groups in total. The van der Waals surface area contributed by atoms with Crippen LogP contribution in [-0.2, 0) is 38.4 Å². The summed E-state index contributed by atoms with van der Waals surface area (Å²) < 4.78 is 0. The van der Waals surface area contributed by atoms with Crippen LogP contribution in [0.4, 0.5) is 0 Å². The minimum atomic E-state index is -2.42. The van der Waals surface area contributed by atoms with Crippen molar-refractivity contribution in [1.82, 2.24) is 20.0 Å². The van der Waals surface area contributed by atoms with Crippen LogP contribution in [-0.4, -0.2) is 75.2 Å². The molecule has 12 heteroatoms. The van der Waals surface area contributed by atoms with Crippen LogP contribution in [0.25, 0.3) is 0 Å². The summed E-state index contributed by atoms with van der Waals surface area (Å²) in [5.74, 6) is -8.61. The number of carbonyl (C=O) groups is 8. The Morgan fingerprint density at radius 2 is 1.00 bits per heavy atom. The average Bonchev–Trinajstić information content (AvgIpc) is 2.56. The normalized spacial score (nSPS) is 25.9. The Morgan fingerprint density at radius 3 is 1.36 bits per heavy atom. The summed E-state index contributed by atoms with van der Waals surface area (Å²) >= 11 is 0. The Morgan fingerprint density at radius 1 is 0.640 bits per heavy atom. The van der Waals surface area contributed by atoms with E-state index in [4.69, 9.17) is 0 Å². The van der Waals surface area contributed by atoms with Gasteiger partial charge in [0, 0.05) is 6.54 Å². The number of carbonyl (C=O) groups excluding carboxylic acids is 8. The number of imide groups is 4. The predicted octanol–water partition coefficient (Wildman–Crippen LogP) is -4.30. The van der Waals surface area contributed by atoms with Crippen molar-refractivity contribution in [3.8, 4) is 0 Å². The van der Waals surface area contributed by atoms with Gasteiger partial charge in [0.25, 0.3) is 58.1 Å². The lowest BCUT2D eigenvalue weighted by Gasteiger charge is -2.55. The molecule has 0 saturated carbocycles. The van der Waals surface area contributed by atoms with Gasteiger partial charge in [-0.15, -0.1) is 0 Å². The van der Waals surface area contributed by atoms with Crippen LogP contribution in [0.3, 0.4) is 0 Å². The third-order valence-corrected chi connectivity index (χ3v) is 4.90. The number of β-lactam (4-membered cyclic amide) rings is 8. The van der Waals surface area contributed by atoms with Crippen molar-refractivity contribution in [2.45, 2.75) is 6.92 Å². The predicted molar refractivity (Wildman–Crippen MR) is 69.0 cm³/mol. The van der Waals surface area contributed by atoms with Crippen molar-refractivity contribution >= 4 is 47.3 Å². The summed E-state index contributed by atoms with van der Waals surface area (Å²) in [5, 5.41) is 1.74. The van der Waals surface area contributed by atoms with Crippen LogP contribution in [0.1, 0.15) is 6.92 Å². The lowest BCUT2D eigenvalue weighted by molar-refractivity contribution is -0.203. The zero-order chi connectivity index (χ0) is 18.5. The SMILES string of the molecule is CCN1C(=O)C2(C1=O)C(=O)N(CN1C(=O)C3(C(=O)NC3=O)C1=O)C2=O. The van der Waals surface area contributed by atoms with E-state index < -0.39 is 64.8 Å². The number of rotatable bonds is 3. The summed E-state index contributed by atoms with van der Waals surface area (Å²) in [6, 6.07) is 0. The largest absolute Gasteiger partial charge is 0.293 e. The van der Waals surface area contributed by atoms with E-state index >= 15 is 0 Å². The zero-order valence-electron chi connectivity index (χ0n) is 12.5. The van der Waals surface area contributed by atoms with Gasteiger partial charge in [0.1, 0.15) is 6.67 Å². The van der Waals surface area contributed by atoms with E-state index in [0.717, 1.165) is 4.90 Å². The van der Waals surface area contributed by atoms with Crippen LogP contribution in [0.15, 0.2) is 0 Å². The molecule has 12 nitrogen and oxygen atoms in total. The van der Waals surface area contributed by atoms with E-state index in [1.807, 2.05) is 0 Å². The molecule has 25 heavy (non-hydrogen) atoms. The topological polar surface area (TPSA) is 158 Å². The Hall–Kier alpha value is -3.44. The fourth-order valence-electron chi connectivity index (χ4n) is 3.38. The van der Waals surface area contributed by atoms with Gasteiger partial charge in [-0.25, -0.2) is 0 Å².